The third-order valence-electron chi connectivity index (χ3n) is 6.08. The molecule has 0 aliphatic carbocycles. The van der Waals surface area contributed by atoms with Gasteiger partial charge in [0.25, 0.3) is 0 Å². The van der Waals surface area contributed by atoms with E-state index in [4.69, 9.17) is 53.8 Å². The number of alkyl carbamates (subject to hydrolysis) is 1. The normalized spacial score (nSPS) is 22.8. The van der Waals surface area contributed by atoms with Gasteiger partial charge in [0.2, 0.25) is 3.79 Å². The summed E-state index contributed by atoms with van der Waals surface area (Å²) < 4.78 is 20.3. The highest BCUT2D eigenvalue weighted by molar-refractivity contribution is 7.99. The number of aliphatic hydroxyl groups excluding tert-OH is 2. The number of alkyl halides is 3. The number of esters is 1. The molecule has 15 heteroatoms. The fourth-order valence-electron chi connectivity index (χ4n) is 4.14. The molecule has 238 valence electrons. The Morgan fingerprint density at radius 2 is 1.74 bits per heavy atom. The first-order valence-corrected chi connectivity index (χ1v) is 15.4. The van der Waals surface area contributed by atoms with Crippen molar-refractivity contribution < 1.29 is 43.5 Å². The van der Waals surface area contributed by atoms with Crippen LogP contribution in [0.4, 0.5) is 9.59 Å². The summed E-state index contributed by atoms with van der Waals surface area (Å²) in [5, 5.41) is 23.5. The molecule has 1 saturated heterocycles. The summed E-state index contributed by atoms with van der Waals surface area (Å²) in [5.74, 6) is -0.875. The summed E-state index contributed by atoms with van der Waals surface area (Å²) in [7, 11) is 0. The molecule has 0 aromatic heterocycles. The number of aliphatic hydroxyl groups is 2. The van der Waals surface area contributed by atoms with Gasteiger partial charge in [-0.3, -0.25) is 9.69 Å². The molecular formula is C27H39Cl3N2O9S. The van der Waals surface area contributed by atoms with Gasteiger partial charge < -0.3 is 34.5 Å². The van der Waals surface area contributed by atoms with Gasteiger partial charge in [-0.2, -0.15) is 0 Å². The van der Waals surface area contributed by atoms with Gasteiger partial charge in [-0.1, -0.05) is 78.6 Å². The fourth-order valence-corrected chi connectivity index (χ4v) is 5.45. The number of nitrogens with zero attached hydrogens (tertiary/aromatic N) is 1. The summed E-state index contributed by atoms with van der Waals surface area (Å²) in [6, 6.07) is 7.47. The molecule has 0 unspecified atom stereocenters. The molecule has 1 aliphatic rings. The van der Waals surface area contributed by atoms with Crippen molar-refractivity contribution in [3.05, 3.63) is 30.3 Å². The maximum absolute atomic E-state index is 13.3. The minimum atomic E-state index is -1.88. The number of carbonyl (C=O) groups is 3. The number of rotatable bonds is 11. The Labute approximate surface area is 265 Å². The number of hydrogen-bond acceptors (Lipinski definition) is 10. The first kappa shape index (κ1) is 36.5. The van der Waals surface area contributed by atoms with E-state index in [9.17, 15) is 24.6 Å². The van der Waals surface area contributed by atoms with Crippen molar-refractivity contribution in [1.82, 2.24) is 10.2 Å². The van der Waals surface area contributed by atoms with Crippen LogP contribution in [0.2, 0.25) is 0 Å². The molecule has 0 radical (unpaired) electrons. The largest absolute Gasteiger partial charge is 0.456 e. The molecular weight excluding hydrogens is 635 g/mol. The molecule has 2 rings (SSSR count). The molecule has 11 nitrogen and oxygen atoms in total. The molecule has 0 bridgehead atoms. The smallest absolute Gasteiger partial charge is 0.411 e. The number of thioether (sulfide) groups is 1. The second kappa shape index (κ2) is 16.4. The molecule has 5 atom stereocenters. The van der Waals surface area contributed by atoms with E-state index in [2.05, 4.69) is 5.32 Å². The lowest BCUT2D eigenvalue weighted by molar-refractivity contribution is -0.195. The number of benzene rings is 1. The monoisotopic (exact) mass is 672 g/mol. The van der Waals surface area contributed by atoms with Crippen molar-refractivity contribution in [2.24, 2.45) is 0 Å². The average Bonchev–Trinajstić information content (AvgIpc) is 2.90. The van der Waals surface area contributed by atoms with E-state index in [1.165, 1.54) is 4.90 Å². The van der Waals surface area contributed by atoms with E-state index in [1.807, 2.05) is 19.9 Å². The van der Waals surface area contributed by atoms with E-state index in [1.54, 1.807) is 45.0 Å². The summed E-state index contributed by atoms with van der Waals surface area (Å²) in [6.07, 6.45) is -4.79. The van der Waals surface area contributed by atoms with Crippen LogP contribution < -0.4 is 5.32 Å². The van der Waals surface area contributed by atoms with E-state index in [0.717, 1.165) is 16.7 Å². The zero-order chi connectivity index (χ0) is 31.7. The highest BCUT2D eigenvalue weighted by Crippen LogP contribution is 2.35. The van der Waals surface area contributed by atoms with Crippen molar-refractivity contribution in [2.75, 3.05) is 19.8 Å². The lowest BCUT2D eigenvalue weighted by Gasteiger charge is -2.43. The number of hydrogen-bond donors (Lipinski definition) is 3. The maximum Gasteiger partial charge on any atom is 0.411 e. The first-order chi connectivity index (χ1) is 19.6. The minimum Gasteiger partial charge on any atom is -0.456 e. The van der Waals surface area contributed by atoms with Crippen LogP contribution in [0.15, 0.2) is 35.2 Å². The number of nitrogens with one attached hydrogen (secondary N) is 1. The second-order valence-electron chi connectivity index (χ2n) is 10.5. The Morgan fingerprint density at radius 1 is 1.12 bits per heavy atom. The second-order valence-corrected chi connectivity index (χ2v) is 14.2. The van der Waals surface area contributed by atoms with E-state index >= 15 is 0 Å². The summed E-state index contributed by atoms with van der Waals surface area (Å²) in [4.78, 5) is 41.0. The molecule has 0 spiro atoms. The van der Waals surface area contributed by atoms with Crippen molar-refractivity contribution in [1.29, 1.82) is 0 Å². The van der Waals surface area contributed by atoms with E-state index in [-0.39, 0.29) is 6.04 Å². The molecule has 1 heterocycles. The zero-order valence-electron chi connectivity index (χ0n) is 24.1. The molecule has 42 heavy (non-hydrogen) atoms. The van der Waals surface area contributed by atoms with Gasteiger partial charge in [-0.05, 0) is 45.7 Å². The van der Waals surface area contributed by atoms with Crippen molar-refractivity contribution in [3.63, 3.8) is 0 Å². The maximum atomic E-state index is 13.3. The third-order valence-corrected chi connectivity index (χ3v) is 7.59. The standard InChI is InChI=1S/C27H39Cl3N2O9S/c1-6-16(7-2)32(25(37)41-26(3,4)5)13-19(34)40-22-20(31-24(36)38-15-27(28,29)30)23(39-18(14-33)21(22)35)42-17-11-9-8-10-12-17/h8-12,16,18,20-23,33,35H,6-7,13-15H2,1-5H3,(H,31,36)/t18-,20-,21-,22-,23+/m1/s1. The predicted molar refractivity (Wildman–Crippen MR) is 160 cm³/mol. The van der Waals surface area contributed by atoms with Crippen LogP contribution >= 0.6 is 46.6 Å². The van der Waals surface area contributed by atoms with Crippen LogP contribution in [-0.4, -0.2) is 98.3 Å². The Morgan fingerprint density at radius 3 is 2.26 bits per heavy atom. The summed E-state index contributed by atoms with van der Waals surface area (Å²) >= 11 is 18.2. The molecule has 3 N–H and O–H groups in total. The summed E-state index contributed by atoms with van der Waals surface area (Å²) in [6.45, 7) is 7.21. The Bertz CT molecular complexity index is 1020. The lowest BCUT2D eigenvalue weighted by Crippen LogP contribution is -2.64. The SMILES string of the molecule is CCC(CC)N(CC(=O)O[C@H]1[C@H](O)[C@@H](CO)O[C@@H](Sc2ccccc2)[C@@H]1NC(=O)OCC(Cl)(Cl)Cl)C(=O)OC(C)(C)C. The first-order valence-electron chi connectivity index (χ1n) is 13.4. The van der Waals surface area contributed by atoms with Crippen LogP contribution in [0.1, 0.15) is 47.5 Å². The number of carbonyl (C=O) groups excluding carboxylic acids is 3. The topological polar surface area (TPSA) is 144 Å². The third kappa shape index (κ3) is 11.8. The van der Waals surface area contributed by atoms with Crippen molar-refractivity contribution in [3.8, 4) is 0 Å². The molecule has 2 amide bonds. The molecule has 1 aliphatic heterocycles. The number of halogens is 3. The van der Waals surface area contributed by atoms with Gasteiger partial charge in [0.1, 0.15) is 42.4 Å². The quantitative estimate of drug-likeness (QED) is 0.172. The van der Waals surface area contributed by atoms with E-state index in [0.29, 0.717) is 12.8 Å². The zero-order valence-corrected chi connectivity index (χ0v) is 27.2. The Balaban J connectivity index is 2.37. The molecule has 1 aromatic rings. The lowest BCUT2D eigenvalue weighted by atomic mass is 9.98. The number of ether oxygens (including phenoxy) is 4. The molecule has 1 aromatic carbocycles. The summed E-state index contributed by atoms with van der Waals surface area (Å²) in [5.41, 5.74) is -1.77. The Kier molecular flexibility index (Phi) is 14.3. The number of amides is 2. The van der Waals surface area contributed by atoms with Gasteiger partial charge in [0.15, 0.2) is 6.10 Å². The predicted octanol–water partition coefficient (Wildman–Crippen LogP) is 4.66. The van der Waals surface area contributed by atoms with Gasteiger partial charge in [0, 0.05) is 10.9 Å². The fraction of sp³-hybridized carbons (Fsp3) is 0.667. The van der Waals surface area contributed by atoms with E-state index < -0.39 is 77.1 Å². The van der Waals surface area contributed by atoms with Crippen molar-refractivity contribution >= 4 is 64.7 Å². The minimum absolute atomic E-state index is 0.329. The van der Waals surface area contributed by atoms with Crippen LogP contribution in [-0.2, 0) is 23.7 Å². The van der Waals surface area contributed by atoms with Gasteiger partial charge in [-0.15, -0.1) is 0 Å². The van der Waals surface area contributed by atoms with Crippen LogP contribution in [0.3, 0.4) is 0 Å². The van der Waals surface area contributed by atoms with Crippen LogP contribution in [0, 0.1) is 0 Å². The van der Waals surface area contributed by atoms with Crippen molar-refractivity contribution in [2.45, 2.75) is 97.6 Å². The van der Waals surface area contributed by atoms with Gasteiger partial charge in [0.05, 0.1) is 6.61 Å². The average molecular weight is 674 g/mol. The Hall–Kier alpha value is -1.67. The van der Waals surface area contributed by atoms with Crippen LogP contribution in [0.25, 0.3) is 0 Å². The molecule has 0 saturated carbocycles. The van der Waals surface area contributed by atoms with Gasteiger partial charge >= 0.3 is 18.2 Å². The molecule has 1 fully saturated rings. The van der Waals surface area contributed by atoms with Crippen LogP contribution in [0.5, 0.6) is 0 Å². The highest BCUT2D eigenvalue weighted by Gasteiger charge is 2.49. The van der Waals surface area contributed by atoms with Gasteiger partial charge in [-0.25, -0.2) is 9.59 Å². The highest BCUT2D eigenvalue weighted by atomic mass is 35.6.